The average Bonchev–Trinajstić information content (AvgIpc) is 2.99. The highest BCUT2D eigenvalue weighted by atomic mass is 16.6. The SMILES string of the molecule is CC(=O)O[C@]12CCC(C(=O)OCC3CCCCC3)=CC[C@]13CC[C@H]2[C@@](C)(/C=C/C=C(\C)C(=O)O)OC3=O. The lowest BCUT2D eigenvalue weighted by Gasteiger charge is -2.54. The van der Waals surface area contributed by atoms with E-state index in [1.807, 2.05) is 0 Å². The third-order valence-electron chi connectivity index (χ3n) is 8.96. The highest BCUT2D eigenvalue weighted by molar-refractivity contribution is 5.90. The molecule has 1 heterocycles. The number of carbonyl (C=O) groups excluding carboxylic acids is 3. The second kappa shape index (κ2) is 10.5. The first-order valence-corrected chi connectivity index (χ1v) is 13.4. The molecule has 3 aliphatic carbocycles. The van der Waals surface area contributed by atoms with Gasteiger partial charge in [0.05, 0.1) is 6.61 Å². The van der Waals surface area contributed by atoms with E-state index < -0.39 is 34.5 Å². The molecule has 0 aromatic rings. The third-order valence-corrected chi connectivity index (χ3v) is 8.96. The first-order valence-electron chi connectivity index (χ1n) is 13.4. The summed E-state index contributed by atoms with van der Waals surface area (Å²) < 4.78 is 17.8. The van der Waals surface area contributed by atoms with Gasteiger partial charge in [-0.3, -0.25) is 9.59 Å². The zero-order valence-corrected chi connectivity index (χ0v) is 22.0. The van der Waals surface area contributed by atoms with Crippen molar-refractivity contribution in [2.24, 2.45) is 17.3 Å². The fourth-order valence-electron chi connectivity index (χ4n) is 6.96. The largest absolute Gasteiger partial charge is 0.478 e. The number of rotatable bonds is 7. The minimum absolute atomic E-state index is 0.146. The van der Waals surface area contributed by atoms with Gasteiger partial charge in [0, 0.05) is 24.0 Å². The molecule has 1 saturated heterocycles. The first-order chi connectivity index (χ1) is 17.5. The Balaban J connectivity index is 1.60. The van der Waals surface area contributed by atoms with Gasteiger partial charge in [0.15, 0.2) is 0 Å². The fourth-order valence-corrected chi connectivity index (χ4v) is 6.96. The molecule has 0 radical (unpaired) electrons. The van der Waals surface area contributed by atoms with E-state index in [1.54, 1.807) is 25.2 Å². The van der Waals surface area contributed by atoms with E-state index in [0.717, 1.165) is 12.8 Å². The van der Waals surface area contributed by atoms with E-state index in [4.69, 9.17) is 19.3 Å². The van der Waals surface area contributed by atoms with Crippen LogP contribution in [0.15, 0.2) is 35.5 Å². The molecular formula is C29H38O8. The molecule has 0 unspecified atom stereocenters. The number of ether oxygens (including phenoxy) is 3. The van der Waals surface area contributed by atoms with Crippen LogP contribution in [0.3, 0.4) is 0 Å². The fraction of sp³-hybridized carbons (Fsp3) is 0.655. The minimum atomic E-state index is -1.14. The van der Waals surface area contributed by atoms with Gasteiger partial charge in [0.2, 0.25) is 0 Å². The molecule has 0 aromatic heterocycles. The van der Waals surface area contributed by atoms with Crippen LogP contribution in [0.5, 0.6) is 0 Å². The van der Waals surface area contributed by atoms with Crippen LogP contribution >= 0.6 is 0 Å². The van der Waals surface area contributed by atoms with Crippen molar-refractivity contribution in [3.8, 4) is 0 Å². The van der Waals surface area contributed by atoms with E-state index in [0.29, 0.717) is 43.8 Å². The Morgan fingerprint density at radius 2 is 1.86 bits per heavy atom. The van der Waals surface area contributed by atoms with Crippen LogP contribution in [-0.2, 0) is 33.4 Å². The summed E-state index contributed by atoms with van der Waals surface area (Å²) in [5.74, 6) is -2.29. The molecule has 4 aliphatic rings. The Hall–Kier alpha value is -2.90. The molecule has 3 fully saturated rings. The van der Waals surface area contributed by atoms with Crippen LogP contribution in [0.2, 0.25) is 0 Å². The Morgan fingerprint density at radius 3 is 2.54 bits per heavy atom. The summed E-state index contributed by atoms with van der Waals surface area (Å²) in [6.07, 6.45) is 14.2. The maximum Gasteiger partial charge on any atom is 0.333 e. The second-order valence-electron chi connectivity index (χ2n) is 11.3. The number of carbonyl (C=O) groups is 4. The summed E-state index contributed by atoms with van der Waals surface area (Å²) in [7, 11) is 0. The van der Waals surface area contributed by atoms with E-state index in [2.05, 4.69) is 0 Å². The van der Waals surface area contributed by atoms with Crippen LogP contribution in [0.1, 0.15) is 85.0 Å². The van der Waals surface area contributed by atoms with E-state index in [9.17, 15) is 19.2 Å². The molecule has 202 valence electrons. The lowest BCUT2D eigenvalue weighted by Crippen LogP contribution is -2.65. The van der Waals surface area contributed by atoms with Crippen LogP contribution in [0, 0.1) is 17.3 Å². The summed E-state index contributed by atoms with van der Waals surface area (Å²) in [5, 5.41) is 9.15. The number of carboxylic acid groups (broad SMARTS) is 1. The Labute approximate surface area is 218 Å². The molecule has 0 aromatic carbocycles. The molecule has 1 N–H and O–H groups in total. The Morgan fingerprint density at radius 1 is 1.14 bits per heavy atom. The van der Waals surface area contributed by atoms with Crippen LogP contribution < -0.4 is 0 Å². The minimum Gasteiger partial charge on any atom is -0.478 e. The van der Waals surface area contributed by atoms with E-state index in [-0.39, 0.29) is 23.9 Å². The van der Waals surface area contributed by atoms with Gasteiger partial charge in [-0.25, -0.2) is 9.59 Å². The maximum absolute atomic E-state index is 13.7. The van der Waals surface area contributed by atoms with Crippen molar-refractivity contribution in [3.05, 3.63) is 35.5 Å². The number of allylic oxidation sites excluding steroid dienone is 3. The third kappa shape index (κ3) is 4.99. The molecule has 1 aliphatic heterocycles. The van der Waals surface area contributed by atoms with Crippen molar-refractivity contribution in [1.82, 2.24) is 0 Å². The maximum atomic E-state index is 13.7. The summed E-state index contributed by atoms with van der Waals surface area (Å²) in [6, 6.07) is 0. The standard InChI is InChI=1S/C29H38O8/c1-19(24(31)32)8-7-14-27(3)23-13-16-28(26(34)37-27)15-11-22(12-17-29(23,28)36-20(2)30)25(33)35-18-21-9-5-4-6-10-21/h7-8,11,14,21,23H,4-6,9-10,12-13,15-18H2,1-3H3,(H,31,32)/b14-7+,19-8+/t23-,27+,28+,29-/m0/s1. The molecule has 0 spiro atoms. The monoisotopic (exact) mass is 514 g/mol. The van der Waals surface area contributed by atoms with Crippen LogP contribution in [0.25, 0.3) is 0 Å². The number of esters is 3. The average molecular weight is 515 g/mol. The molecule has 2 bridgehead atoms. The zero-order chi connectivity index (χ0) is 26.8. The molecule has 4 atom stereocenters. The predicted octanol–water partition coefficient (Wildman–Crippen LogP) is 4.82. The van der Waals surface area contributed by atoms with Gasteiger partial charge in [-0.2, -0.15) is 0 Å². The zero-order valence-electron chi connectivity index (χ0n) is 22.0. The molecular weight excluding hydrogens is 476 g/mol. The number of hydrogen-bond acceptors (Lipinski definition) is 7. The Bertz CT molecular complexity index is 1050. The van der Waals surface area contributed by atoms with Crippen molar-refractivity contribution in [2.75, 3.05) is 6.61 Å². The van der Waals surface area contributed by atoms with Gasteiger partial charge in [-0.05, 0) is 70.8 Å². The van der Waals surface area contributed by atoms with Crippen LogP contribution in [-0.4, -0.2) is 46.8 Å². The number of aliphatic carboxylic acids is 1. The van der Waals surface area contributed by atoms with Crippen molar-refractivity contribution in [2.45, 2.75) is 96.2 Å². The highest BCUT2D eigenvalue weighted by Crippen LogP contribution is 2.65. The number of hydrogen-bond donors (Lipinski definition) is 1. The summed E-state index contributed by atoms with van der Waals surface area (Å²) >= 11 is 0. The molecule has 8 heteroatoms. The highest BCUT2D eigenvalue weighted by Gasteiger charge is 2.74. The van der Waals surface area contributed by atoms with Crippen molar-refractivity contribution >= 4 is 23.9 Å². The summed E-state index contributed by atoms with van der Waals surface area (Å²) in [5.41, 5.74) is -2.65. The molecule has 37 heavy (non-hydrogen) atoms. The van der Waals surface area contributed by atoms with E-state index in [1.165, 1.54) is 39.2 Å². The topological polar surface area (TPSA) is 116 Å². The van der Waals surface area contributed by atoms with Crippen molar-refractivity contribution in [3.63, 3.8) is 0 Å². The predicted molar refractivity (Wildman–Crippen MR) is 134 cm³/mol. The lowest BCUT2D eigenvalue weighted by molar-refractivity contribution is -0.235. The van der Waals surface area contributed by atoms with Crippen molar-refractivity contribution in [1.29, 1.82) is 0 Å². The number of cyclic esters (lactones) is 1. The van der Waals surface area contributed by atoms with Gasteiger partial charge in [-0.15, -0.1) is 0 Å². The summed E-state index contributed by atoms with van der Waals surface area (Å²) in [4.78, 5) is 50.3. The quantitative estimate of drug-likeness (QED) is 0.222. The molecule has 2 saturated carbocycles. The Kier molecular flexibility index (Phi) is 7.67. The second-order valence-corrected chi connectivity index (χ2v) is 11.3. The van der Waals surface area contributed by atoms with Gasteiger partial charge in [-0.1, -0.05) is 37.5 Å². The molecule has 0 amide bonds. The summed E-state index contributed by atoms with van der Waals surface area (Å²) in [6.45, 7) is 5.00. The van der Waals surface area contributed by atoms with Gasteiger partial charge in [0.1, 0.15) is 16.6 Å². The van der Waals surface area contributed by atoms with E-state index >= 15 is 0 Å². The normalized spacial score (nSPS) is 34.2. The number of carboxylic acids is 1. The smallest absolute Gasteiger partial charge is 0.333 e. The lowest BCUT2D eigenvalue weighted by atomic mass is 9.62. The van der Waals surface area contributed by atoms with Gasteiger partial charge in [0.25, 0.3) is 0 Å². The first kappa shape index (κ1) is 27.1. The molecule has 8 nitrogen and oxygen atoms in total. The van der Waals surface area contributed by atoms with Gasteiger partial charge >= 0.3 is 23.9 Å². The molecule has 4 rings (SSSR count). The van der Waals surface area contributed by atoms with Crippen molar-refractivity contribution < 1.29 is 38.5 Å². The van der Waals surface area contributed by atoms with Crippen LogP contribution in [0.4, 0.5) is 0 Å². The van der Waals surface area contributed by atoms with Gasteiger partial charge < -0.3 is 19.3 Å².